The summed E-state index contributed by atoms with van der Waals surface area (Å²) in [5.74, 6) is -0.673. The zero-order valence-corrected chi connectivity index (χ0v) is 17.3. The molecular weight excluding hydrogens is 398 g/mol. The predicted octanol–water partition coefficient (Wildman–Crippen LogP) is 3.98. The van der Waals surface area contributed by atoms with E-state index in [0.29, 0.717) is 24.3 Å². The molecule has 0 spiro atoms. The second kappa shape index (κ2) is 10.3. The number of benzene rings is 2. The van der Waals surface area contributed by atoms with Crippen LogP contribution < -0.4 is 10.2 Å². The minimum atomic E-state index is -0.385. The quantitative estimate of drug-likeness (QED) is 0.481. The van der Waals surface area contributed by atoms with E-state index in [1.165, 1.54) is 0 Å². The van der Waals surface area contributed by atoms with Gasteiger partial charge in [-0.05, 0) is 73.2 Å². The van der Waals surface area contributed by atoms with E-state index in [4.69, 9.17) is 17.0 Å². The smallest absolute Gasteiger partial charge is 0.338 e. The summed E-state index contributed by atoms with van der Waals surface area (Å²) < 4.78 is 5.03. The van der Waals surface area contributed by atoms with Crippen LogP contribution in [-0.4, -0.2) is 28.6 Å². The molecule has 2 aromatic carbocycles. The Labute approximate surface area is 180 Å². The minimum Gasteiger partial charge on any atom is -0.462 e. The molecular formula is C23H21N3O3S. The van der Waals surface area contributed by atoms with Crippen LogP contribution in [0.5, 0.6) is 0 Å². The topological polar surface area (TPSA) is 71.5 Å². The van der Waals surface area contributed by atoms with Crippen molar-refractivity contribution in [2.24, 2.45) is 0 Å². The summed E-state index contributed by atoms with van der Waals surface area (Å²) in [6.07, 6.45) is 3.39. The van der Waals surface area contributed by atoms with Gasteiger partial charge in [-0.25, -0.2) is 4.79 Å². The molecule has 0 fully saturated rings. The van der Waals surface area contributed by atoms with E-state index in [1.54, 1.807) is 72.7 Å². The summed E-state index contributed by atoms with van der Waals surface area (Å²) in [6, 6.07) is 19.5. The van der Waals surface area contributed by atoms with Gasteiger partial charge in [-0.2, -0.15) is 0 Å². The third kappa shape index (κ3) is 5.48. The van der Waals surface area contributed by atoms with E-state index in [9.17, 15) is 9.59 Å². The number of esters is 1. The summed E-state index contributed by atoms with van der Waals surface area (Å²) in [5.41, 5.74) is 2.67. The molecule has 0 unspecified atom stereocenters. The largest absolute Gasteiger partial charge is 0.462 e. The fraction of sp³-hybridized carbons (Fsp3) is 0.130. The van der Waals surface area contributed by atoms with Crippen LogP contribution in [0.2, 0.25) is 0 Å². The Morgan fingerprint density at radius 3 is 2.27 bits per heavy atom. The van der Waals surface area contributed by atoms with Gasteiger partial charge in [-0.3, -0.25) is 15.1 Å². The summed E-state index contributed by atoms with van der Waals surface area (Å²) in [4.78, 5) is 30.3. The number of thiocarbonyl (C=S) groups is 1. The predicted molar refractivity (Wildman–Crippen MR) is 119 cm³/mol. The molecule has 0 aliphatic heterocycles. The highest BCUT2D eigenvalue weighted by Crippen LogP contribution is 2.19. The molecule has 1 heterocycles. The fourth-order valence-corrected chi connectivity index (χ4v) is 3.03. The molecule has 152 valence electrons. The maximum Gasteiger partial charge on any atom is 0.338 e. The summed E-state index contributed by atoms with van der Waals surface area (Å²) in [5, 5.41) is 3.04. The van der Waals surface area contributed by atoms with E-state index < -0.39 is 0 Å². The number of nitrogens with one attached hydrogen (secondary N) is 1. The number of carbonyl (C=O) groups is 2. The SMILES string of the molecule is CCOC(=O)c1ccc(N(Cc2ccncc2)C(=S)NC(=O)c2ccccc2)cc1. The van der Waals surface area contributed by atoms with Crippen molar-refractivity contribution in [2.45, 2.75) is 13.5 Å². The average Bonchev–Trinajstić information content (AvgIpc) is 2.79. The fourth-order valence-electron chi connectivity index (χ4n) is 2.77. The minimum absolute atomic E-state index is 0.254. The third-order valence-electron chi connectivity index (χ3n) is 4.28. The number of ether oxygens (including phenoxy) is 1. The zero-order chi connectivity index (χ0) is 21.3. The van der Waals surface area contributed by atoms with Gasteiger partial charge >= 0.3 is 5.97 Å². The van der Waals surface area contributed by atoms with Crippen molar-refractivity contribution in [3.8, 4) is 0 Å². The van der Waals surface area contributed by atoms with Gasteiger partial charge < -0.3 is 9.64 Å². The zero-order valence-electron chi connectivity index (χ0n) is 16.4. The number of amides is 1. The molecule has 3 aromatic rings. The summed E-state index contributed by atoms with van der Waals surface area (Å²) >= 11 is 5.55. The van der Waals surface area contributed by atoms with Crippen LogP contribution in [0, 0.1) is 0 Å². The number of hydrogen-bond acceptors (Lipinski definition) is 5. The Bertz CT molecular complexity index is 1010. The monoisotopic (exact) mass is 419 g/mol. The maximum atomic E-state index is 12.6. The van der Waals surface area contributed by atoms with Crippen LogP contribution in [0.15, 0.2) is 79.1 Å². The van der Waals surface area contributed by atoms with E-state index in [2.05, 4.69) is 10.3 Å². The first-order valence-electron chi connectivity index (χ1n) is 9.42. The third-order valence-corrected chi connectivity index (χ3v) is 4.60. The number of anilines is 1. The lowest BCUT2D eigenvalue weighted by molar-refractivity contribution is 0.0526. The molecule has 0 saturated carbocycles. The van der Waals surface area contributed by atoms with Crippen LogP contribution in [0.1, 0.15) is 33.2 Å². The number of rotatable bonds is 6. The lowest BCUT2D eigenvalue weighted by Crippen LogP contribution is -2.42. The lowest BCUT2D eigenvalue weighted by Gasteiger charge is -2.26. The molecule has 3 rings (SSSR count). The molecule has 1 aromatic heterocycles. The van der Waals surface area contributed by atoms with E-state index in [0.717, 1.165) is 11.3 Å². The highest BCUT2D eigenvalue weighted by Gasteiger charge is 2.17. The number of aromatic nitrogens is 1. The molecule has 6 nitrogen and oxygen atoms in total. The van der Waals surface area contributed by atoms with Crippen molar-refractivity contribution in [3.05, 3.63) is 95.8 Å². The Kier molecular flexibility index (Phi) is 7.24. The standard InChI is InChI=1S/C23H21N3O3S/c1-2-29-22(28)19-8-10-20(11-9-19)26(16-17-12-14-24-15-13-17)23(30)25-21(27)18-6-4-3-5-7-18/h3-15H,2,16H2,1H3,(H,25,27,30). The van der Waals surface area contributed by atoms with Gasteiger partial charge in [-0.15, -0.1) is 0 Å². The Hall–Kier alpha value is -3.58. The molecule has 1 N–H and O–H groups in total. The molecule has 0 atom stereocenters. The Morgan fingerprint density at radius 1 is 0.967 bits per heavy atom. The molecule has 0 aliphatic rings. The molecule has 0 saturated heterocycles. The molecule has 30 heavy (non-hydrogen) atoms. The van der Waals surface area contributed by atoms with Gasteiger partial charge in [0.15, 0.2) is 5.11 Å². The summed E-state index contributed by atoms with van der Waals surface area (Å²) in [7, 11) is 0. The Morgan fingerprint density at radius 2 is 1.63 bits per heavy atom. The van der Waals surface area contributed by atoms with Crippen LogP contribution in [0.4, 0.5) is 5.69 Å². The number of nitrogens with zero attached hydrogens (tertiary/aromatic N) is 2. The number of carbonyl (C=O) groups excluding carboxylic acids is 2. The van der Waals surface area contributed by atoms with Crippen molar-refractivity contribution in [3.63, 3.8) is 0 Å². The van der Waals surface area contributed by atoms with Crippen molar-refractivity contribution in [2.75, 3.05) is 11.5 Å². The van der Waals surface area contributed by atoms with Gasteiger partial charge in [0.05, 0.1) is 18.7 Å². The van der Waals surface area contributed by atoms with Gasteiger partial charge in [0, 0.05) is 23.6 Å². The molecule has 7 heteroatoms. The van der Waals surface area contributed by atoms with Crippen molar-refractivity contribution >= 4 is 34.9 Å². The second-order valence-electron chi connectivity index (χ2n) is 6.33. The highest BCUT2D eigenvalue weighted by atomic mass is 32.1. The van der Waals surface area contributed by atoms with Crippen LogP contribution in [-0.2, 0) is 11.3 Å². The molecule has 1 amide bonds. The molecule has 0 aliphatic carbocycles. The van der Waals surface area contributed by atoms with Crippen molar-refractivity contribution < 1.29 is 14.3 Å². The highest BCUT2D eigenvalue weighted by molar-refractivity contribution is 7.80. The number of pyridine rings is 1. The second-order valence-corrected chi connectivity index (χ2v) is 6.72. The van der Waals surface area contributed by atoms with Gasteiger partial charge in [0.1, 0.15) is 0 Å². The average molecular weight is 420 g/mol. The first kappa shape index (κ1) is 21.1. The van der Waals surface area contributed by atoms with E-state index >= 15 is 0 Å². The molecule has 0 bridgehead atoms. The maximum absolute atomic E-state index is 12.6. The Balaban J connectivity index is 1.83. The lowest BCUT2D eigenvalue weighted by atomic mass is 10.1. The molecule has 0 radical (unpaired) electrons. The van der Waals surface area contributed by atoms with Crippen LogP contribution >= 0.6 is 12.2 Å². The van der Waals surface area contributed by atoms with Gasteiger partial charge in [0.25, 0.3) is 5.91 Å². The van der Waals surface area contributed by atoms with Crippen LogP contribution in [0.3, 0.4) is 0 Å². The van der Waals surface area contributed by atoms with E-state index in [1.807, 2.05) is 18.2 Å². The first-order valence-corrected chi connectivity index (χ1v) is 9.83. The van der Waals surface area contributed by atoms with E-state index in [-0.39, 0.29) is 17.0 Å². The summed E-state index contributed by atoms with van der Waals surface area (Å²) in [6.45, 7) is 2.50. The van der Waals surface area contributed by atoms with Crippen molar-refractivity contribution in [1.29, 1.82) is 0 Å². The number of hydrogen-bond donors (Lipinski definition) is 1. The van der Waals surface area contributed by atoms with Crippen molar-refractivity contribution in [1.82, 2.24) is 10.3 Å². The first-order chi connectivity index (χ1) is 14.6. The van der Waals surface area contributed by atoms with Gasteiger partial charge in [-0.1, -0.05) is 18.2 Å². The van der Waals surface area contributed by atoms with Crippen LogP contribution in [0.25, 0.3) is 0 Å². The van der Waals surface area contributed by atoms with Gasteiger partial charge in [0.2, 0.25) is 0 Å². The normalized spacial score (nSPS) is 10.2.